The number of thiol groups is 1. The van der Waals surface area contributed by atoms with Crippen LogP contribution in [0.2, 0.25) is 0 Å². The summed E-state index contributed by atoms with van der Waals surface area (Å²) in [5.74, 6) is -0.317. The van der Waals surface area contributed by atoms with E-state index >= 15 is 0 Å². The lowest BCUT2D eigenvalue weighted by molar-refractivity contribution is 0.0595. The summed E-state index contributed by atoms with van der Waals surface area (Å²) in [6.45, 7) is 2.00. The maximum atomic E-state index is 11.3. The van der Waals surface area contributed by atoms with E-state index in [1.807, 2.05) is 19.1 Å². The molecule has 0 aliphatic heterocycles. The molecule has 13 heavy (non-hydrogen) atoms. The first-order chi connectivity index (χ1) is 6.20. The summed E-state index contributed by atoms with van der Waals surface area (Å²) in [5, 5.41) is 0. The van der Waals surface area contributed by atoms with E-state index in [4.69, 9.17) is 0 Å². The Morgan fingerprint density at radius 1 is 1.54 bits per heavy atom. The van der Waals surface area contributed by atoms with E-state index in [0.29, 0.717) is 10.5 Å². The van der Waals surface area contributed by atoms with Gasteiger partial charge in [-0.1, -0.05) is 19.1 Å². The SMILES string of the molecule is CCc1cccc(S)c1C(=O)OC. The van der Waals surface area contributed by atoms with Crippen LogP contribution >= 0.6 is 12.6 Å². The normalized spacial score (nSPS) is 9.77. The summed E-state index contributed by atoms with van der Waals surface area (Å²) < 4.78 is 4.67. The van der Waals surface area contributed by atoms with E-state index in [0.717, 1.165) is 12.0 Å². The molecule has 0 bridgehead atoms. The van der Waals surface area contributed by atoms with Gasteiger partial charge >= 0.3 is 5.97 Å². The second-order valence-electron chi connectivity index (χ2n) is 2.66. The number of esters is 1. The Bertz CT molecular complexity index is 321. The lowest BCUT2D eigenvalue weighted by Crippen LogP contribution is -2.06. The van der Waals surface area contributed by atoms with Crippen molar-refractivity contribution < 1.29 is 9.53 Å². The van der Waals surface area contributed by atoms with Crippen LogP contribution in [-0.4, -0.2) is 13.1 Å². The second kappa shape index (κ2) is 4.33. The maximum absolute atomic E-state index is 11.3. The molecule has 0 aliphatic rings. The molecular weight excluding hydrogens is 184 g/mol. The minimum absolute atomic E-state index is 0.317. The molecule has 0 aromatic heterocycles. The van der Waals surface area contributed by atoms with Crippen LogP contribution in [0.3, 0.4) is 0 Å². The summed E-state index contributed by atoms with van der Waals surface area (Å²) in [4.78, 5) is 12.0. The van der Waals surface area contributed by atoms with Gasteiger partial charge in [0.15, 0.2) is 0 Å². The van der Waals surface area contributed by atoms with Gasteiger partial charge in [0.2, 0.25) is 0 Å². The number of methoxy groups -OCH3 is 1. The van der Waals surface area contributed by atoms with Gasteiger partial charge in [-0.15, -0.1) is 12.6 Å². The standard InChI is InChI=1S/C10H12O2S/c1-3-7-5-4-6-8(13)9(7)10(11)12-2/h4-6,13H,3H2,1-2H3. The van der Waals surface area contributed by atoms with E-state index in [1.54, 1.807) is 6.07 Å². The van der Waals surface area contributed by atoms with Crippen LogP contribution in [0.5, 0.6) is 0 Å². The van der Waals surface area contributed by atoms with Crippen LogP contribution < -0.4 is 0 Å². The molecule has 0 saturated carbocycles. The number of carbonyl (C=O) groups is 1. The van der Waals surface area contributed by atoms with Crippen molar-refractivity contribution in [2.45, 2.75) is 18.2 Å². The second-order valence-corrected chi connectivity index (χ2v) is 3.14. The summed E-state index contributed by atoms with van der Waals surface area (Å²) in [6, 6.07) is 5.58. The zero-order chi connectivity index (χ0) is 9.84. The predicted molar refractivity (Wildman–Crippen MR) is 54.4 cm³/mol. The lowest BCUT2D eigenvalue weighted by atomic mass is 10.1. The molecule has 0 atom stereocenters. The molecule has 0 N–H and O–H groups in total. The highest BCUT2D eigenvalue weighted by molar-refractivity contribution is 7.80. The Hall–Kier alpha value is -0.960. The van der Waals surface area contributed by atoms with Gasteiger partial charge in [-0.25, -0.2) is 4.79 Å². The Kier molecular flexibility index (Phi) is 3.37. The molecule has 0 spiro atoms. The van der Waals surface area contributed by atoms with E-state index in [9.17, 15) is 4.79 Å². The molecule has 3 heteroatoms. The fraction of sp³-hybridized carbons (Fsp3) is 0.300. The van der Waals surface area contributed by atoms with Gasteiger partial charge < -0.3 is 4.74 Å². The van der Waals surface area contributed by atoms with Crippen molar-refractivity contribution in [2.24, 2.45) is 0 Å². The van der Waals surface area contributed by atoms with Gasteiger partial charge in [0, 0.05) is 4.90 Å². The van der Waals surface area contributed by atoms with Gasteiger partial charge in [-0.05, 0) is 18.1 Å². The average molecular weight is 196 g/mol. The third kappa shape index (κ3) is 2.04. The Morgan fingerprint density at radius 3 is 2.77 bits per heavy atom. The quantitative estimate of drug-likeness (QED) is 0.580. The Balaban J connectivity index is 3.22. The van der Waals surface area contributed by atoms with Crippen LogP contribution in [0.1, 0.15) is 22.8 Å². The van der Waals surface area contributed by atoms with E-state index in [1.165, 1.54) is 7.11 Å². The smallest absolute Gasteiger partial charge is 0.339 e. The van der Waals surface area contributed by atoms with Crippen LogP contribution in [0.15, 0.2) is 23.1 Å². The molecule has 0 unspecified atom stereocenters. The monoisotopic (exact) mass is 196 g/mol. The molecular formula is C10H12O2S. The fourth-order valence-corrected chi connectivity index (χ4v) is 1.54. The topological polar surface area (TPSA) is 26.3 Å². The number of hydrogen-bond acceptors (Lipinski definition) is 3. The maximum Gasteiger partial charge on any atom is 0.339 e. The molecule has 2 nitrogen and oxygen atoms in total. The van der Waals surface area contributed by atoms with Gasteiger partial charge in [0.1, 0.15) is 0 Å². The van der Waals surface area contributed by atoms with Crippen LogP contribution in [0.25, 0.3) is 0 Å². The van der Waals surface area contributed by atoms with Gasteiger partial charge in [-0.2, -0.15) is 0 Å². The Labute approximate surface area is 83.3 Å². The number of rotatable bonds is 2. The van der Waals surface area contributed by atoms with Crippen molar-refractivity contribution in [2.75, 3.05) is 7.11 Å². The number of aryl methyl sites for hydroxylation is 1. The van der Waals surface area contributed by atoms with Crippen LogP contribution in [0, 0.1) is 0 Å². The number of ether oxygens (including phenoxy) is 1. The van der Waals surface area contributed by atoms with E-state index in [-0.39, 0.29) is 5.97 Å². The molecule has 70 valence electrons. The van der Waals surface area contributed by atoms with Gasteiger partial charge in [0.25, 0.3) is 0 Å². The van der Waals surface area contributed by atoms with Crippen molar-refractivity contribution in [3.63, 3.8) is 0 Å². The fourth-order valence-electron chi connectivity index (χ4n) is 1.22. The van der Waals surface area contributed by atoms with Crippen LogP contribution in [-0.2, 0) is 11.2 Å². The molecule has 0 fully saturated rings. The first-order valence-corrected chi connectivity index (χ1v) is 4.54. The van der Waals surface area contributed by atoms with Crippen molar-refractivity contribution >= 4 is 18.6 Å². The lowest BCUT2D eigenvalue weighted by Gasteiger charge is -2.07. The first kappa shape index (κ1) is 10.1. The Morgan fingerprint density at radius 2 is 2.23 bits per heavy atom. The largest absolute Gasteiger partial charge is 0.465 e. The molecule has 0 heterocycles. The number of benzene rings is 1. The highest BCUT2D eigenvalue weighted by atomic mass is 32.1. The summed E-state index contributed by atoms with van der Waals surface area (Å²) in [5.41, 5.74) is 1.55. The zero-order valence-electron chi connectivity index (χ0n) is 7.70. The molecule has 0 amide bonds. The van der Waals surface area contributed by atoms with E-state index < -0.39 is 0 Å². The molecule has 1 rings (SSSR count). The summed E-state index contributed by atoms with van der Waals surface area (Å²) >= 11 is 4.21. The number of hydrogen-bond donors (Lipinski definition) is 1. The first-order valence-electron chi connectivity index (χ1n) is 4.09. The third-order valence-corrected chi connectivity index (χ3v) is 2.27. The summed E-state index contributed by atoms with van der Waals surface area (Å²) in [6.07, 6.45) is 0.804. The highest BCUT2D eigenvalue weighted by Gasteiger charge is 2.13. The highest BCUT2D eigenvalue weighted by Crippen LogP contribution is 2.19. The van der Waals surface area contributed by atoms with Crippen molar-refractivity contribution in [3.05, 3.63) is 29.3 Å². The molecule has 0 aliphatic carbocycles. The van der Waals surface area contributed by atoms with Gasteiger partial charge in [0.05, 0.1) is 12.7 Å². The van der Waals surface area contributed by atoms with Crippen LogP contribution in [0.4, 0.5) is 0 Å². The van der Waals surface area contributed by atoms with E-state index in [2.05, 4.69) is 17.4 Å². The number of carbonyl (C=O) groups excluding carboxylic acids is 1. The third-order valence-electron chi connectivity index (χ3n) is 1.90. The van der Waals surface area contributed by atoms with Crippen molar-refractivity contribution in [3.8, 4) is 0 Å². The minimum atomic E-state index is -0.317. The average Bonchev–Trinajstić information content (AvgIpc) is 2.16. The summed E-state index contributed by atoms with van der Waals surface area (Å²) in [7, 11) is 1.38. The zero-order valence-corrected chi connectivity index (χ0v) is 8.60. The molecule has 1 aromatic rings. The minimum Gasteiger partial charge on any atom is -0.465 e. The van der Waals surface area contributed by atoms with Crippen molar-refractivity contribution in [1.82, 2.24) is 0 Å². The van der Waals surface area contributed by atoms with Gasteiger partial charge in [-0.3, -0.25) is 0 Å². The predicted octanol–water partition coefficient (Wildman–Crippen LogP) is 2.32. The molecule has 1 aromatic carbocycles. The molecule has 0 saturated heterocycles. The molecule has 0 radical (unpaired) electrons. The van der Waals surface area contributed by atoms with Crippen molar-refractivity contribution in [1.29, 1.82) is 0 Å².